The predicted octanol–water partition coefficient (Wildman–Crippen LogP) is 5.46. The second-order valence-electron chi connectivity index (χ2n) is 11.6. The van der Waals surface area contributed by atoms with Gasteiger partial charge in [-0.25, -0.2) is 4.39 Å². The van der Waals surface area contributed by atoms with E-state index in [9.17, 15) is 23.9 Å². The van der Waals surface area contributed by atoms with E-state index in [0.717, 1.165) is 22.3 Å². The van der Waals surface area contributed by atoms with Crippen LogP contribution in [0.2, 0.25) is 0 Å². The number of phenolic OH excluding ortho intramolecular Hbond substituents is 1. The summed E-state index contributed by atoms with van der Waals surface area (Å²) >= 11 is 0. The van der Waals surface area contributed by atoms with Gasteiger partial charge in [0.15, 0.2) is 11.6 Å². The molecule has 2 aromatic rings. The van der Waals surface area contributed by atoms with Crippen molar-refractivity contribution in [1.29, 1.82) is 0 Å². The van der Waals surface area contributed by atoms with Crippen molar-refractivity contribution in [3.63, 3.8) is 0 Å². The molecule has 2 aromatic carbocycles. The van der Waals surface area contributed by atoms with Gasteiger partial charge in [0.2, 0.25) is 11.8 Å². The van der Waals surface area contributed by atoms with Crippen molar-refractivity contribution in [1.82, 2.24) is 4.90 Å². The van der Waals surface area contributed by atoms with E-state index >= 15 is 0 Å². The average Bonchev–Trinajstić information content (AvgIpc) is 3.52. The van der Waals surface area contributed by atoms with Crippen LogP contribution in [0.4, 0.5) is 4.39 Å². The van der Waals surface area contributed by atoms with Gasteiger partial charge in [-0.3, -0.25) is 19.3 Å². The number of fused-ring (bicyclic) bond motifs is 3. The van der Waals surface area contributed by atoms with Crippen molar-refractivity contribution in [2.75, 3.05) is 26.9 Å². The molecular formula is C34H38FNO7. The number of nitrogens with zero attached hydrogens (tertiary/aromatic N) is 1. The Hall–Kier alpha value is -3.82. The van der Waals surface area contributed by atoms with E-state index in [0.29, 0.717) is 63.8 Å². The van der Waals surface area contributed by atoms with E-state index < -0.39 is 29.4 Å². The third-order valence-corrected chi connectivity index (χ3v) is 8.82. The second-order valence-corrected chi connectivity index (χ2v) is 11.6. The summed E-state index contributed by atoms with van der Waals surface area (Å²) in [4.78, 5) is 39.2. The molecule has 0 radical (unpaired) electrons. The highest BCUT2D eigenvalue weighted by Crippen LogP contribution is 2.50. The van der Waals surface area contributed by atoms with E-state index in [1.54, 1.807) is 13.2 Å². The molecule has 43 heavy (non-hydrogen) atoms. The zero-order valence-corrected chi connectivity index (χ0v) is 24.3. The van der Waals surface area contributed by atoms with Crippen LogP contribution >= 0.6 is 0 Å². The third-order valence-electron chi connectivity index (χ3n) is 8.82. The number of rotatable bonds is 13. The van der Waals surface area contributed by atoms with Crippen molar-refractivity contribution in [2.24, 2.45) is 17.8 Å². The lowest BCUT2D eigenvalue weighted by Crippen LogP contribution is -2.35. The molecular weight excluding hydrogens is 553 g/mol. The number of unbranched alkanes of at least 4 members (excludes halogenated alkanes) is 2. The normalized spacial score (nSPS) is 23.6. The molecule has 5 rings (SSSR count). The first-order valence-corrected chi connectivity index (χ1v) is 14.9. The number of imide groups is 1. The average molecular weight is 592 g/mol. The topological polar surface area (TPSA) is 113 Å². The molecule has 0 bridgehead atoms. The number of carbonyl (C=O) groups is 3. The number of halogens is 1. The fraction of sp³-hybridized carbons (Fsp3) is 0.441. The number of likely N-dealkylation sites (tertiary alicyclic amines) is 1. The standard InChI is InChI=1S/C34H38FNO7/c1-42-19-24-18-25-32(34(41)36(33(25)40)15-7-3-6-10-30(38)39)26-20-43-29(31(24)26)14-12-23(22-8-4-2-5-9-22)16-21-11-13-28(37)27(35)17-21/h2,4-5,8-9,11,13,16-17,25-26,29,32,37H,3,6-7,10,12,14-15,18-20H2,1H3,(H,38,39)/b23-16-/t25-,26+,29-,32-/m1/s1. The molecule has 0 unspecified atom stereocenters. The third kappa shape index (κ3) is 6.73. The van der Waals surface area contributed by atoms with Gasteiger partial charge in [-0.15, -0.1) is 0 Å². The molecule has 2 amide bonds. The number of carboxylic acids is 1. The van der Waals surface area contributed by atoms with Crippen LogP contribution in [-0.4, -0.2) is 65.9 Å². The predicted molar refractivity (Wildman–Crippen MR) is 158 cm³/mol. The number of hydrogen-bond donors (Lipinski definition) is 2. The first kappa shape index (κ1) is 30.6. The van der Waals surface area contributed by atoms with E-state index in [2.05, 4.69) is 0 Å². The van der Waals surface area contributed by atoms with Crippen LogP contribution in [0.5, 0.6) is 5.75 Å². The lowest BCUT2D eigenvalue weighted by Gasteiger charge is -2.31. The van der Waals surface area contributed by atoms with Crippen molar-refractivity contribution < 1.29 is 38.5 Å². The number of carboxylic acid groups (broad SMARTS) is 1. The highest BCUT2D eigenvalue weighted by molar-refractivity contribution is 6.06. The Kier molecular flexibility index (Phi) is 9.72. The lowest BCUT2D eigenvalue weighted by atomic mass is 9.69. The number of aliphatic carboxylic acids is 1. The molecule has 1 aliphatic carbocycles. The van der Waals surface area contributed by atoms with Crippen molar-refractivity contribution in [3.05, 3.63) is 76.6 Å². The van der Waals surface area contributed by atoms with E-state index in [1.807, 2.05) is 36.4 Å². The minimum Gasteiger partial charge on any atom is -0.505 e. The summed E-state index contributed by atoms with van der Waals surface area (Å²) in [7, 11) is 1.62. The van der Waals surface area contributed by atoms with Gasteiger partial charge in [-0.2, -0.15) is 0 Å². The van der Waals surface area contributed by atoms with Crippen molar-refractivity contribution in [2.45, 2.75) is 51.0 Å². The second kappa shape index (κ2) is 13.7. The molecule has 228 valence electrons. The molecule has 8 nitrogen and oxygen atoms in total. The van der Waals surface area contributed by atoms with Gasteiger partial charge < -0.3 is 19.7 Å². The lowest BCUT2D eigenvalue weighted by molar-refractivity contribution is -0.141. The summed E-state index contributed by atoms with van der Waals surface area (Å²) in [6, 6.07) is 14.2. The van der Waals surface area contributed by atoms with Crippen LogP contribution in [0.25, 0.3) is 11.6 Å². The Bertz CT molecular complexity index is 1420. The maximum Gasteiger partial charge on any atom is 0.303 e. The quantitative estimate of drug-likeness (QED) is 0.138. The van der Waals surface area contributed by atoms with Gasteiger partial charge in [0.1, 0.15) is 0 Å². The number of phenols is 1. The van der Waals surface area contributed by atoms with E-state index in [4.69, 9.17) is 14.6 Å². The minimum atomic E-state index is -0.847. The number of allylic oxidation sites excluding steroid dienone is 1. The zero-order chi connectivity index (χ0) is 30.5. The molecule has 2 saturated heterocycles. The fourth-order valence-electron chi connectivity index (χ4n) is 6.84. The fourth-order valence-corrected chi connectivity index (χ4v) is 6.84. The number of hydrogen-bond acceptors (Lipinski definition) is 6. The molecule has 0 aromatic heterocycles. The van der Waals surface area contributed by atoms with Crippen molar-refractivity contribution in [3.8, 4) is 5.75 Å². The molecule has 0 saturated carbocycles. The molecule has 9 heteroatoms. The highest BCUT2D eigenvalue weighted by Gasteiger charge is 2.56. The Morgan fingerprint density at radius 3 is 2.58 bits per heavy atom. The maximum absolute atomic E-state index is 14.1. The number of amides is 2. The molecule has 3 aliphatic rings. The summed E-state index contributed by atoms with van der Waals surface area (Å²) in [6.45, 7) is 1.02. The smallest absolute Gasteiger partial charge is 0.303 e. The van der Waals surface area contributed by atoms with Gasteiger partial charge in [0, 0.05) is 26.0 Å². The Morgan fingerprint density at radius 1 is 1.07 bits per heavy atom. The van der Waals surface area contributed by atoms with Crippen LogP contribution in [0, 0.1) is 23.6 Å². The van der Waals surface area contributed by atoms with Gasteiger partial charge in [-0.05, 0) is 72.1 Å². The minimum absolute atomic E-state index is 0.0780. The molecule has 2 N–H and O–H groups in total. The Balaban J connectivity index is 1.34. The number of benzene rings is 2. The van der Waals surface area contributed by atoms with Gasteiger partial charge >= 0.3 is 5.97 Å². The van der Waals surface area contributed by atoms with Crippen LogP contribution < -0.4 is 0 Å². The largest absolute Gasteiger partial charge is 0.505 e. The Morgan fingerprint density at radius 2 is 1.86 bits per heavy atom. The summed E-state index contributed by atoms with van der Waals surface area (Å²) in [5, 5.41) is 18.5. The molecule has 2 fully saturated rings. The number of ether oxygens (including phenoxy) is 2. The van der Waals surface area contributed by atoms with Gasteiger partial charge in [-0.1, -0.05) is 48.9 Å². The highest BCUT2D eigenvalue weighted by atomic mass is 19.1. The number of carbonyl (C=O) groups excluding carboxylic acids is 2. The Labute approximate surface area is 250 Å². The molecule has 0 spiro atoms. The van der Waals surface area contributed by atoms with Crippen LogP contribution in [0.1, 0.15) is 56.1 Å². The zero-order valence-electron chi connectivity index (χ0n) is 24.3. The summed E-state index contributed by atoms with van der Waals surface area (Å²) in [5.41, 5.74) is 4.71. The monoisotopic (exact) mass is 591 g/mol. The maximum atomic E-state index is 14.1. The van der Waals surface area contributed by atoms with Gasteiger partial charge in [0.25, 0.3) is 0 Å². The van der Waals surface area contributed by atoms with Crippen molar-refractivity contribution >= 4 is 29.4 Å². The summed E-state index contributed by atoms with van der Waals surface area (Å²) in [6.07, 6.45) is 5.20. The molecule has 2 heterocycles. The van der Waals surface area contributed by atoms with Gasteiger partial charge in [0.05, 0.1) is 31.2 Å². The van der Waals surface area contributed by atoms with E-state index in [-0.39, 0.29) is 30.3 Å². The number of methoxy groups -OCH3 is 1. The molecule has 4 atom stereocenters. The van der Waals surface area contributed by atoms with Crippen LogP contribution in [0.3, 0.4) is 0 Å². The van der Waals surface area contributed by atoms with Crippen LogP contribution in [-0.2, 0) is 23.9 Å². The SMILES string of the molecule is COCC1=C2[C@@H](CC/C(=C/c3ccc(O)c(F)c3)c3ccccc3)OC[C@@H]2[C@@H]2C(=O)N(CCCCCC(=O)O)C(=O)[C@@H]2C1. The molecule has 2 aliphatic heterocycles. The summed E-state index contributed by atoms with van der Waals surface area (Å²) in [5.74, 6) is -3.32. The first-order valence-electron chi connectivity index (χ1n) is 14.9. The summed E-state index contributed by atoms with van der Waals surface area (Å²) < 4.78 is 26.0. The first-order chi connectivity index (χ1) is 20.8. The van der Waals surface area contributed by atoms with Crippen LogP contribution in [0.15, 0.2) is 59.7 Å². The van der Waals surface area contributed by atoms with E-state index in [1.165, 1.54) is 17.0 Å². The number of aromatic hydroxyl groups is 1.